The van der Waals surface area contributed by atoms with Gasteiger partial charge in [-0.2, -0.15) is 18.4 Å². The van der Waals surface area contributed by atoms with Crippen molar-refractivity contribution in [3.8, 4) is 6.07 Å². The van der Waals surface area contributed by atoms with Gasteiger partial charge in [0.1, 0.15) is 16.8 Å². The number of hydrogen-bond donors (Lipinski definition) is 1. The first kappa shape index (κ1) is 22.6. The molecule has 0 bridgehead atoms. The topological polar surface area (TPSA) is 78.7 Å². The Labute approximate surface area is 181 Å². The molecule has 5 nitrogen and oxygen atoms in total. The molecule has 2 aromatic heterocycles. The van der Waals surface area contributed by atoms with Crippen LogP contribution in [0.25, 0.3) is 0 Å². The van der Waals surface area contributed by atoms with E-state index in [2.05, 4.69) is 21.4 Å². The van der Waals surface area contributed by atoms with Gasteiger partial charge in [0, 0.05) is 10.3 Å². The molecule has 1 aliphatic rings. The molecule has 10 heteroatoms. The molecule has 0 aromatic carbocycles. The molecule has 160 valence electrons. The number of amides is 1. The molecule has 1 amide bonds. The van der Waals surface area contributed by atoms with E-state index in [1.807, 2.05) is 0 Å². The van der Waals surface area contributed by atoms with Crippen molar-refractivity contribution in [2.45, 2.75) is 63.2 Å². The Morgan fingerprint density at radius 2 is 1.90 bits per heavy atom. The normalized spacial score (nSPS) is 14.2. The molecule has 0 saturated heterocycles. The number of thioether (sulfide) groups is 1. The Bertz CT molecular complexity index is 971. The number of alkyl halides is 3. The Balaban J connectivity index is 1.75. The molecule has 0 spiro atoms. The third-order valence-corrected chi connectivity index (χ3v) is 6.69. The maximum atomic E-state index is 13.2. The first-order chi connectivity index (χ1) is 14.0. The number of rotatable bonds is 4. The zero-order valence-electron chi connectivity index (χ0n) is 16.8. The number of anilines is 1. The largest absolute Gasteiger partial charge is 0.433 e. The second-order valence-electron chi connectivity index (χ2n) is 8.03. The standard InChI is InChI=1S/C20H21F3N4OS2/c1-19(2,3)14-8-15(20(21,22)23)26-18(25-14)29-10-16(28)27-17-12(9-24)11-6-4-5-7-13(11)30-17/h8H,4-7,10H2,1-3H3,(H,27,28). The average molecular weight is 455 g/mol. The first-order valence-corrected chi connectivity index (χ1v) is 11.2. The van der Waals surface area contributed by atoms with Crippen LogP contribution in [0.2, 0.25) is 0 Å². The Morgan fingerprint density at radius 3 is 2.53 bits per heavy atom. The average Bonchev–Trinajstić information content (AvgIpc) is 3.01. The zero-order chi connectivity index (χ0) is 22.1. The van der Waals surface area contributed by atoms with E-state index in [1.54, 1.807) is 20.8 Å². The van der Waals surface area contributed by atoms with E-state index in [0.29, 0.717) is 10.6 Å². The Kier molecular flexibility index (Phi) is 6.43. The van der Waals surface area contributed by atoms with Crippen molar-refractivity contribution in [1.82, 2.24) is 9.97 Å². The van der Waals surface area contributed by atoms with Gasteiger partial charge in [-0.25, -0.2) is 9.97 Å². The number of carbonyl (C=O) groups is 1. The fraction of sp³-hybridized carbons (Fsp3) is 0.500. The number of aromatic nitrogens is 2. The second-order valence-corrected chi connectivity index (χ2v) is 10.1. The van der Waals surface area contributed by atoms with E-state index in [-0.39, 0.29) is 16.6 Å². The lowest BCUT2D eigenvalue weighted by molar-refractivity contribution is -0.141. The van der Waals surface area contributed by atoms with Crippen LogP contribution >= 0.6 is 23.1 Å². The van der Waals surface area contributed by atoms with Crippen LogP contribution < -0.4 is 5.32 Å². The highest BCUT2D eigenvalue weighted by molar-refractivity contribution is 7.99. The van der Waals surface area contributed by atoms with Gasteiger partial charge < -0.3 is 5.32 Å². The summed E-state index contributed by atoms with van der Waals surface area (Å²) in [6, 6.07) is 3.11. The molecule has 0 radical (unpaired) electrons. The van der Waals surface area contributed by atoms with Crippen LogP contribution in [0.4, 0.5) is 18.2 Å². The monoisotopic (exact) mass is 454 g/mol. The number of hydrogen-bond acceptors (Lipinski definition) is 6. The number of thiophene rings is 1. The molecule has 3 rings (SSSR count). The molecular formula is C20H21F3N4OS2. The summed E-state index contributed by atoms with van der Waals surface area (Å²) in [5.74, 6) is -0.563. The predicted octanol–water partition coefficient (Wildman–Crippen LogP) is 5.34. The minimum Gasteiger partial charge on any atom is -0.316 e. The van der Waals surface area contributed by atoms with Gasteiger partial charge in [0.25, 0.3) is 0 Å². The molecule has 1 N–H and O–H groups in total. The fourth-order valence-electron chi connectivity index (χ4n) is 3.08. The van der Waals surface area contributed by atoms with Crippen molar-refractivity contribution in [2.75, 3.05) is 11.1 Å². The molecule has 1 aliphatic carbocycles. The van der Waals surface area contributed by atoms with E-state index in [4.69, 9.17) is 0 Å². The number of halogens is 3. The van der Waals surface area contributed by atoms with Gasteiger partial charge in [-0.3, -0.25) is 4.79 Å². The van der Waals surface area contributed by atoms with Gasteiger partial charge in [-0.05, 0) is 37.3 Å². The summed E-state index contributed by atoms with van der Waals surface area (Å²) in [5.41, 5.74) is 0.137. The lowest BCUT2D eigenvalue weighted by atomic mass is 9.91. The van der Waals surface area contributed by atoms with Crippen molar-refractivity contribution in [3.63, 3.8) is 0 Å². The summed E-state index contributed by atoms with van der Waals surface area (Å²) in [4.78, 5) is 21.3. The van der Waals surface area contributed by atoms with Crippen LogP contribution in [0.3, 0.4) is 0 Å². The third-order valence-electron chi connectivity index (χ3n) is 4.63. The number of carbonyl (C=O) groups excluding carboxylic acids is 1. The van der Waals surface area contributed by atoms with Gasteiger partial charge in [0.15, 0.2) is 5.16 Å². The van der Waals surface area contributed by atoms with Gasteiger partial charge in [0.05, 0.1) is 17.0 Å². The minimum atomic E-state index is -4.60. The minimum absolute atomic E-state index is 0.101. The van der Waals surface area contributed by atoms with Crippen LogP contribution in [-0.2, 0) is 29.2 Å². The SMILES string of the molecule is CC(C)(C)c1cc(C(F)(F)F)nc(SCC(=O)Nc2sc3c(c2C#N)CCCC3)n1. The second kappa shape index (κ2) is 8.55. The van der Waals surface area contributed by atoms with E-state index in [9.17, 15) is 23.2 Å². The van der Waals surface area contributed by atoms with Crippen molar-refractivity contribution >= 4 is 34.0 Å². The molecule has 0 fully saturated rings. The van der Waals surface area contributed by atoms with Gasteiger partial charge in [0.2, 0.25) is 5.91 Å². The summed E-state index contributed by atoms with van der Waals surface area (Å²) in [6.45, 7) is 5.29. The van der Waals surface area contributed by atoms with E-state index >= 15 is 0 Å². The number of fused-ring (bicyclic) bond motifs is 1. The molecule has 2 heterocycles. The summed E-state index contributed by atoms with van der Waals surface area (Å²) in [7, 11) is 0. The summed E-state index contributed by atoms with van der Waals surface area (Å²) >= 11 is 2.25. The molecule has 0 atom stereocenters. The van der Waals surface area contributed by atoms with Crippen molar-refractivity contribution in [2.24, 2.45) is 0 Å². The maximum absolute atomic E-state index is 13.2. The highest BCUT2D eigenvalue weighted by Gasteiger charge is 2.35. The number of nitriles is 1. The highest BCUT2D eigenvalue weighted by Crippen LogP contribution is 2.38. The highest BCUT2D eigenvalue weighted by atomic mass is 32.2. The Morgan fingerprint density at radius 1 is 1.23 bits per heavy atom. The van der Waals surface area contributed by atoms with Crippen molar-refractivity contribution < 1.29 is 18.0 Å². The molecular weight excluding hydrogens is 433 g/mol. The predicted molar refractivity (Wildman–Crippen MR) is 111 cm³/mol. The van der Waals surface area contributed by atoms with Crippen LogP contribution in [0.1, 0.15) is 61.0 Å². The molecule has 2 aromatic rings. The summed E-state index contributed by atoms with van der Waals surface area (Å²) in [5, 5.41) is 12.6. The van der Waals surface area contributed by atoms with E-state index in [1.165, 1.54) is 11.3 Å². The molecule has 0 saturated carbocycles. The zero-order valence-corrected chi connectivity index (χ0v) is 18.4. The molecule has 0 unspecified atom stereocenters. The maximum Gasteiger partial charge on any atom is 0.433 e. The Hall–Kier alpha value is -2.12. The van der Waals surface area contributed by atoms with Crippen LogP contribution in [0.5, 0.6) is 0 Å². The van der Waals surface area contributed by atoms with Gasteiger partial charge in [-0.1, -0.05) is 32.5 Å². The van der Waals surface area contributed by atoms with Gasteiger partial charge in [-0.15, -0.1) is 11.3 Å². The third kappa shape index (κ3) is 5.13. The van der Waals surface area contributed by atoms with Gasteiger partial charge >= 0.3 is 6.18 Å². The smallest absolute Gasteiger partial charge is 0.316 e. The number of nitrogens with one attached hydrogen (secondary N) is 1. The molecule has 0 aliphatic heterocycles. The van der Waals surface area contributed by atoms with E-state index < -0.39 is 23.2 Å². The molecule has 30 heavy (non-hydrogen) atoms. The summed E-state index contributed by atoms with van der Waals surface area (Å²) in [6.07, 6.45) is -0.798. The first-order valence-electron chi connectivity index (χ1n) is 9.43. The van der Waals surface area contributed by atoms with Crippen molar-refractivity contribution in [3.05, 3.63) is 33.5 Å². The summed E-state index contributed by atoms with van der Waals surface area (Å²) < 4.78 is 39.6. The van der Waals surface area contributed by atoms with Crippen LogP contribution in [-0.4, -0.2) is 21.6 Å². The lowest BCUT2D eigenvalue weighted by Gasteiger charge is -2.19. The van der Waals surface area contributed by atoms with Crippen LogP contribution in [0.15, 0.2) is 11.2 Å². The fourth-order valence-corrected chi connectivity index (χ4v) is 5.00. The number of nitrogens with zero attached hydrogens (tertiary/aromatic N) is 3. The quantitative estimate of drug-likeness (QED) is 0.499. The van der Waals surface area contributed by atoms with Crippen LogP contribution in [0, 0.1) is 11.3 Å². The van der Waals surface area contributed by atoms with E-state index in [0.717, 1.165) is 54.0 Å². The lowest BCUT2D eigenvalue weighted by Crippen LogP contribution is -2.19. The number of aryl methyl sites for hydroxylation is 1. The van der Waals surface area contributed by atoms with Crippen molar-refractivity contribution in [1.29, 1.82) is 5.26 Å².